The highest BCUT2D eigenvalue weighted by Gasteiger charge is 2.16. The van der Waals surface area contributed by atoms with Crippen molar-refractivity contribution in [2.75, 3.05) is 19.4 Å². The van der Waals surface area contributed by atoms with Gasteiger partial charge in [-0.3, -0.25) is 0 Å². The molecular weight excluding hydrogens is 276 g/mol. The standard InChI is InChI=1S/C13H16N4O2S/c1-17(2)20(18,19)13-5-3-4-11(8-13)15-9-12-6-7-14-10-16-12/h3-8,10,15H,9H2,1-2H3. The molecule has 106 valence electrons. The van der Waals surface area contributed by atoms with E-state index in [0.717, 1.165) is 11.4 Å². The third-order valence-electron chi connectivity index (χ3n) is 2.73. The van der Waals surface area contributed by atoms with Crippen molar-refractivity contribution in [1.29, 1.82) is 0 Å². The van der Waals surface area contributed by atoms with Gasteiger partial charge in [-0.2, -0.15) is 0 Å². The Kier molecular flexibility index (Phi) is 4.31. The van der Waals surface area contributed by atoms with E-state index >= 15 is 0 Å². The van der Waals surface area contributed by atoms with E-state index in [4.69, 9.17) is 0 Å². The van der Waals surface area contributed by atoms with E-state index in [2.05, 4.69) is 15.3 Å². The number of hydrogen-bond acceptors (Lipinski definition) is 5. The highest BCUT2D eigenvalue weighted by atomic mass is 32.2. The molecule has 1 aromatic carbocycles. The van der Waals surface area contributed by atoms with Crippen molar-refractivity contribution in [3.8, 4) is 0 Å². The number of nitrogens with zero attached hydrogens (tertiary/aromatic N) is 3. The molecular formula is C13H16N4O2S. The van der Waals surface area contributed by atoms with Gasteiger partial charge in [0.05, 0.1) is 17.1 Å². The molecule has 0 radical (unpaired) electrons. The number of aromatic nitrogens is 2. The summed E-state index contributed by atoms with van der Waals surface area (Å²) >= 11 is 0. The lowest BCUT2D eigenvalue weighted by Gasteiger charge is -2.13. The lowest BCUT2D eigenvalue weighted by atomic mass is 10.3. The zero-order valence-electron chi connectivity index (χ0n) is 11.3. The van der Waals surface area contributed by atoms with Gasteiger partial charge in [0, 0.05) is 26.0 Å². The van der Waals surface area contributed by atoms with Crippen molar-refractivity contribution < 1.29 is 8.42 Å². The average molecular weight is 292 g/mol. The van der Waals surface area contributed by atoms with Gasteiger partial charge in [-0.05, 0) is 24.3 Å². The van der Waals surface area contributed by atoms with Crippen molar-refractivity contribution >= 4 is 15.7 Å². The minimum absolute atomic E-state index is 0.259. The van der Waals surface area contributed by atoms with E-state index in [1.165, 1.54) is 24.7 Å². The summed E-state index contributed by atoms with van der Waals surface area (Å²) < 4.78 is 25.3. The van der Waals surface area contributed by atoms with Gasteiger partial charge in [-0.15, -0.1) is 0 Å². The maximum absolute atomic E-state index is 12.0. The smallest absolute Gasteiger partial charge is 0.242 e. The van der Waals surface area contributed by atoms with Crippen LogP contribution in [-0.2, 0) is 16.6 Å². The largest absolute Gasteiger partial charge is 0.379 e. The normalized spacial score (nSPS) is 11.6. The van der Waals surface area contributed by atoms with E-state index in [1.807, 2.05) is 6.07 Å². The van der Waals surface area contributed by atoms with Crippen LogP contribution in [0.2, 0.25) is 0 Å². The molecule has 0 saturated carbocycles. The predicted octanol–water partition coefficient (Wildman–Crippen LogP) is 1.34. The molecule has 0 aliphatic heterocycles. The quantitative estimate of drug-likeness (QED) is 0.900. The zero-order chi connectivity index (χ0) is 14.6. The highest BCUT2D eigenvalue weighted by molar-refractivity contribution is 7.89. The molecule has 0 spiro atoms. The number of benzene rings is 1. The molecule has 6 nitrogen and oxygen atoms in total. The Hall–Kier alpha value is -1.99. The second-order valence-electron chi connectivity index (χ2n) is 4.37. The van der Waals surface area contributed by atoms with Crippen LogP contribution in [0.25, 0.3) is 0 Å². The summed E-state index contributed by atoms with van der Waals surface area (Å²) in [4.78, 5) is 8.20. The molecule has 0 aliphatic rings. The van der Waals surface area contributed by atoms with Crippen LogP contribution in [0.4, 0.5) is 5.69 Å². The molecule has 0 saturated heterocycles. The van der Waals surface area contributed by atoms with Crippen molar-refractivity contribution in [2.24, 2.45) is 0 Å². The Morgan fingerprint density at radius 2 is 2.05 bits per heavy atom. The summed E-state index contributed by atoms with van der Waals surface area (Å²) in [6.07, 6.45) is 3.14. The molecule has 1 N–H and O–H groups in total. The number of nitrogens with one attached hydrogen (secondary N) is 1. The Balaban J connectivity index is 2.15. The Morgan fingerprint density at radius 3 is 2.70 bits per heavy atom. The van der Waals surface area contributed by atoms with Gasteiger partial charge in [0.1, 0.15) is 6.33 Å². The van der Waals surface area contributed by atoms with Crippen LogP contribution in [0.1, 0.15) is 5.69 Å². The van der Waals surface area contributed by atoms with Gasteiger partial charge in [0.2, 0.25) is 10.0 Å². The maximum atomic E-state index is 12.0. The average Bonchev–Trinajstić information content (AvgIpc) is 2.46. The Labute approximate surface area is 118 Å². The van der Waals surface area contributed by atoms with Gasteiger partial charge < -0.3 is 5.32 Å². The molecule has 0 atom stereocenters. The summed E-state index contributed by atoms with van der Waals surface area (Å²) in [6, 6.07) is 8.50. The van der Waals surface area contributed by atoms with E-state index < -0.39 is 10.0 Å². The molecule has 20 heavy (non-hydrogen) atoms. The minimum Gasteiger partial charge on any atom is -0.379 e. The Morgan fingerprint density at radius 1 is 1.25 bits per heavy atom. The van der Waals surface area contributed by atoms with Crippen molar-refractivity contribution in [3.05, 3.63) is 48.5 Å². The van der Waals surface area contributed by atoms with Gasteiger partial charge in [0.25, 0.3) is 0 Å². The van der Waals surface area contributed by atoms with Gasteiger partial charge in [0.15, 0.2) is 0 Å². The summed E-state index contributed by atoms with van der Waals surface area (Å²) in [5.74, 6) is 0. The lowest BCUT2D eigenvalue weighted by Crippen LogP contribution is -2.22. The Bertz CT molecular complexity index is 672. The number of anilines is 1. The molecule has 0 fully saturated rings. The number of hydrogen-bond donors (Lipinski definition) is 1. The van der Waals surface area contributed by atoms with Gasteiger partial charge in [-0.25, -0.2) is 22.7 Å². The van der Waals surface area contributed by atoms with Crippen LogP contribution < -0.4 is 5.32 Å². The van der Waals surface area contributed by atoms with Crippen molar-refractivity contribution in [1.82, 2.24) is 14.3 Å². The van der Waals surface area contributed by atoms with E-state index in [-0.39, 0.29) is 4.90 Å². The third-order valence-corrected chi connectivity index (χ3v) is 4.54. The van der Waals surface area contributed by atoms with Crippen LogP contribution in [-0.4, -0.2) is 36.8 Å². The summed E-state index contributed by atoms with van der Waals surface area (Å²) in [5.41, 5.74) is 1.56. The molecule has 2 aromatic rings. The van der Waals surface area contributed by atoms with Crippen molar-refractivity contribution in [2.45, 2.75) is 11.4 Å². The van der Waals surface area contributed by atoms with Crippen LogP contribution in [0.3, 0.4) is 0 Å². The van der Waals surface area contributed by atoms with Crippen molar-refractivity contribution in [3.63, 3.8) is 0 Å². The topological polar surface area (TPSA) is 75.2 Å². The SMILES string of the molecule is CN(C)S(=O)(=O)c1cccc(NCc2ccncn2)c1. The van der Waals surface area contributed by atoms with E-state index in [9.17, 15) is 8.42 Å². The summed E-state index contributed by atoms with van der Waals surface area (Å²) in [5, 5.41) is 3.14. The van der Waals surface area contributed by atoms with Crippen LogP contribution in [0.5, 0.6) is 0 Å². The second kappa shape index (κ2) is 5.98. The second-order valence-corrected chi connectivity index (χ2v) is 6.52. The molecule has 2 rings (SSSR count). The maximum Gasteiger partial charge on any atom is 0.242 e. The predicted molar refractivity (Wildman–Crippen MR) is 76.7 cm³/mol. The molecule has 1 aromatic heterocycles. The summed E-state index contributed by atoms with van der Waals surface area (Å²) in [7, 11) is -0.394. The first-order chi connectivity index (χ1) is 9.50. The molecule has 0 aliphatic carbocycles. The van der Waals surface area contributed by atoms with Crippen LogP contribution in [0, 0.1) is 0 Å². The van der Waals surface area contributed by atoms with Crippen LogP contribution >= 0.6 is 0 Å². The molecule has 0 unspecified atom stereocenters. The first-order valence-electron chi connectivity index (χ1n) is 6.01. The van der Waals surface area contributed by atoms with E-state index in [0.29, 0.717) is 6.54 Å². The zero-order valence-corrected chi connectivity index (χ0v) is 12.1. The molecule has 0 amide bonds. The summed E-state index contributed by atoms with van der Waals surface area (Å²) in [6.45, 7) is 0.508. The molecule has 1 heterocycles. The van der Waals surface area contributed by atoms with Crippen LogP contribution in [0.15, 0.2) is 47.8 Å². The highest BCUT2D eigenvalue weighted by Crippen LogP contribution is 2.18. The number of rotatable bonds is 5. The van der Waals surface area contributed by atoms with E-state index in [1.54, 1.807) is 30.5 Å². The third kappa shape index (κ3) is 3.31. The fraction of sp³-hybridized carbons (Fsp3) is 0.231. The lowest BCUT2D eigenvalue weighted by molar-refractivity contribution is 0.521. The van der Waals surface area contributed by atoms with Gasteiger partial charge in [-0.1, -0.05) is 6.07 Å². The first kappa shape index (κ1) is 14.4. The fourth-order valence-corrected chi connectivity index (χ4v) is 2.54. The number of sulfonamides is 1. The minimum atomic E-state index is -3.41. The van der Waals surface area contributed by atoms with Gasteiger partial charge >= 0.3 is 0 Å². The monoisotopic (exact) mass is 292 g/mol. The molecule has 7 heteroatoms. The first-order valence-corrected chi connectivity index (χ1v) is 7.45. The fourth-order valence-electron chi connectivity index (χ4n) is 1.59. The molecule has 0 bridgehead atoms.